The third-order valence-electron chi connectivity index (χ3n) is 2.53. The zero-order chi connectivity index (χ0) is 10.7. The summed E-state index contributed by atoms with van der Waals surface area (Å²) < 4.78 is 0. The smallest absolute Gasteiger partial charge is 0.308 e. The number of aliphatic carboxylic acids is 1. The highest BCUT2D eigenvalue weighted by Crippen LogP contribution is 2.19. The summed E-state index contributed by atoms with van der Waals surface area (Å²) in [7, 11) is 0. The molecule has 6 heteroatoms. The van der Waals surface area contributed by atoms with Crippen LogP contribution in [0, 0.1) is 5.92 Å². The van der Waals surface area contributed by atoms with E-state index in [0.29, 0.717) is 12.5 Å². The van der Waals surface area contributed by atoms with Crippen molar-refractivity contribution in [2.24, 2.45) is 5.92 Å². The number of hydrogen-bond acceptors (Lipinski definition) is 5. The number of nitrogens with zero attached hydrogens (tertiary/aromatic N) is 4. The van der Waals surface area contributed by atoms with E-state index < -0.39 is 5.97 Å². The molecule has 1 N–H and O–H groups in total. The number of hydrogen-bond donors (Lipinski definition) is 1. The summed E-state index contributed by atoms with van der Waals surface area (Å²) in [6.45, 7) is 1.30. The van der Waals surface area contributed by atoms with Gasteiger partial charge >= 0.3 is 5.97 Å². The van der Waals surface area contributed by atoms with Crippen molar-refractivity contribution in [1.29, 1.82) is 0 Å². The lowest BCUT2D eigenvalue weighted by atomic mass is 9.99. The molecule has 0 amide bonds. The van der Waals surface area contributed by atoms with Crippen molar-refractivity contribution in [3.63, 3.8) is 0 Å². The molecule has 0 bridgehead atoms. The molecule has 0 spiro atoms. The fourth-order valence-corrected chi connectivity index (χ4v) is 1.76. The molecule has 1 fully saturated rings. The summed E-state index contributed by atoms with van der Waals surface area (Å²) in [4.78, 5) is 24.5. The highest BCUT2D eigenvalue weighted by Gasteiger charge is 2.26. The largest absolute Gasteiger partial charge is 0.481 e. The molecule has 0 aliphatic carbocycles. The van der Waals surface area contributed by atoms with Crippen molar-refractivity contribution in [3.8, 4) is 0 Å². The Balaban J connectivity index is 2.08. The van der Waals surface area contributed by atoms with Gasteiger partial charge < -0.3 is 10.0 Å². The second kappa shape index (κ2) is 4.20. The molecular formula is C9H12N4O2. The van der Waals surface area contributed by atoms with Crippen molar-refractivity contribution in [1.82, 2.24) is 15.0 Å². The second-order valence-electron chi connectivity index (χ2n) is 3.56. The van der Waals surface area contributed by atoms with Gasteiger partial charge in [-0.1, -0.05) is 0 Å². The number of aromatic nitrogens is 3. The maximum atomic E-state index is 10.9. The summed E-state index contributed by atoms with van der Waals surface area (Å²) in [6, 6.07) is 0. The normalized spacial score (nSPS) is 21.3. The summed E-state index contributed by atoms with van der Waals surface area (Å²) in [6.07, 6.45) is 4.44. The molecule has 0 saturated carbocycles. The Morgan fingerprint density at radius 2 is 2.20 bits per heavy atom. The van der Waals surface area contributed by atoms with E-state index in [1.807, 2.05) is 4.90 Å². The van der Waals surface area contributed by atoms with Crippen LogP contribution in [0.3, 0.4) is 0 Å². The van der Waals surface area contributed by atoms with E-state index in [1.165, 1.54) is 12.7 Å². The topological polar surface area (TPSA) is 79.2 Å². The van der Waals surface area contributed by atoms with Gasteiger partial charge in [0.2, 0.25) is 5.95 Å². The standard InChI is InChI=1S/C9H12N4O2/c14-8(15)7-2-1-3-13(4-7)9-11-5-10-6-12-9/h5-7H,1-4H2,(H,14,15). The van der Waals surface area contributed by atoms with E-state index in [0.717, 1.165) is 19.4 Å². The van der Waals surface area contributed by atoms with Gasteiger partial charge in [0.05, 0.1) is 5.92 Å². The van der Waals surface area contributed by atoms with Crippen molar-refractivity contribution >= 4 is 11.9 Å². The Morgan fingerprint density at radius 3 is 2.87 bits per heavy atom. The van der Waals surface area contributed by atoms with Crippen LogP contribution < -0.4 is 4.90 Å². The van der Waals surface area contributed by atoms with Gasteiger partial charge in [0.1, 0.15) is 12.7 Å². The van der Waals surface area contributed by atoms with Crippen LogP contribution in [0.25, 0.3) is 0 Å². The molecule has 15 heavy (non-hydrogen) atoms. The molecule has 2 rings (SSSR count). The van der Waals surface area contributed by atoms with Gasteiger partial charge in [-0.05, 0) is 12.8 Å². The third-order valence-corrected chi connectivity index (χ3v) is 2.53. The predicted octanol–water partition coefficient (Wildman–Crippen LogP) is 0.173. The SMILES string of the molecule is O=C(O)C1CCCN(c2ncncn2)C1. The first-order valence-corrected chi connectivity index (χ1v) is 4.87. The van der Waals surface area contributed by atoms with E-state index in [2.05, 4.69) is 15.0 Å². The molecule has 1 atom stereocenters. The van der Waals surface area contributed by atoms with Crippen LogP contribution in [-0.4, -0.2) is 39.1 Å². The summed E-state index contributed by atoms with van der Waals surface area (Å²) in [5, 5.41) is 8.92. The van der Waals surface area contributed by atoms with E-state index >= 15 is 0 Å². The molecule has 1 aromatic heterocycles. The van der Waals surface area contributed by atoms with Crippen LogP contribution in [0.15, 0.2) is 12.7 Å². The van der Waals surface area contributed by atoms with E-state index in [-0.39, 0.29) is 5.92 Å². The maximum Gasteiger partial charge on any atom is 0.308 e. The van der Waals surface area contributed by atoms with Crippen molar-refractivity contribution in [2.45, 2.75) is 12.8 Å². The first kappa shape index (κ1) is 9.82. The van der Waals surface area contributed by atoms with Gasteiger partial charge in [0.15, 0.2) is 0 Å². The summed E-state index contributed by atoms with van der Waals surface area (Å²) in [5.74, 6) is -0.486. The fourth-order valence-electron chi connectivity index (χ4n) is 1.76. The Morgan fingerprint density at radius 1 is 1.47 bits per heavy atom. The average Bonchev–Trinajstić information content (AvgIpc) is 2.30. The number of carboxylic acids is 1. The number of piperidine rings is 1. The quantitative estimate of drug-likeness (QED) is 0.746. The van der Waals surface area contributed by atoms with Crippen molar-refractivity contribution in [2.75, 3.05) is 18.0 Å². The first-order valence-electron chi connectivity index (χ1n) is 4.87. The Labute approximate surface area is 87.0 Å². The number of rotatable bonds is 2. The zero-order valence-electron chi connectivity index (χ0n) is 8.20. The summed E-state index contributed by atoms with van der Waals surface area (Å²) >= 11 is 0. The van der Waals surface area contributed by atoms with Crippen LogP contribution in [0.1, 0.15) is 12.8 Å². The molecule has 6 nitrogen and oxygen atoms in total. The predicted molar refractivity (Wildman–Crippen MR) is 52.4 cm³/mol. The van der Waals surface area contributed by atoms with Gasteiger partial charge in [0.25, 0.3) is 0 Å². The summed E-state index contributed by atoms with van der Waals surface area (Å²) in [5.41, 5.74) is 0. The fraction of sp³-hybridized carbons (Fsp3) is 0.556. The molecule has 1 saturated heterocycles. The van der Waals surface area contributed by atoms with Crippen LogP contribution in [0.2, 0.25) is 0 Å². The molecule has 1 aromatic rings. The van der Waals surface area contributed by atoms with Crippen molar-refractivity contribution < 1.29 is 9.90 Å². The lowest BCUT2D eigenvalue weighted by molar-refractivity contribution is -0.141. The molecule has 2 heterocycles. The van der Waals surface area contributed by atoms with Gasteiger partial charge in [-0.3, -0.25) is 4.79 Å². The van der Waals surface area contributed by atoms with E-state index in [1.54, 1.807) is 0 Å². The molecule has 0 aromatic carbocycles. The Hall–Kier alpha value is -1.72. The number of carbonyl (C=O) groups is 1. The lowest BCUT2D eigenvalue weighted by Gasteiger charge is -2.30. The highest BCUT2D eigenvalue weighted by molar-refractivity contribution is 5.71. The first-order chi connectivity index (χ1) is 7.27. The maximum absolute atomic E-state index is 10.9. The molecule has 80 valence electrons. The third kappa shape index (κ3) is 2.20. The number of carboxylic acid groups (broad SMARTS) is 1. The van der Waals surface area contributed by atoms with Gasteiger partial charge in [0, 0.05) is 13.1 Å². The van der Waals surface area contributed by atoms with Crippen LogP contribution in [-0.2, 0) is 4.79 Å². The minimum absolute atomic E-state index is 0.310. The molecular weight excluding hydrogens is 196 g/mol. The Bertz CT molecular complexity index is 343. The van der Waals surface area contributed by atoms with Gasteiger partial charge in [-0.25, -0.2) is 15.0 Å². The second-order valence-corrected chi connectivity index (χ2v) is 3.56. The minimum Gasteiger partial charge on any atom is -0.481 e. The Kier molecular flexibility index (Phi) is 2.75. The molecule has 1 aliphatic heterocycles. The number of anilines is 1. The van der Waals surface area contributed by atoms with Crippen LogP contribution in [0.4, 0.5) is 5.95 Å². The van der Waals surface area contributed by atoms with Crippen LogP contribution in [0.5, 0.6) is 0 Å². The van der Waals surface area contributed by atoms with Gasteiger partial charge in [-0.15, -0.1) is 0 Å². The zero-order valence-corrected chi connectivity index (χ0v) is 8.20. The van der Waals surface area contributed by atoms with Gasteiger partial charge in [-0.2, -0.15) is 0 Å². The van der Waals surface area contributed by atoms with E-state index in [9.17, 15) is 4.79 Å². The lowest BCUT2D eigenvalue weighted by Crippen LogP contribution is -2.39. The molecule has 0 radical (unpaired) electrons. The molecule has 1 unspecified atom stereocenters. The van der Waals surface area contributed by atoms with E-state index in [4.69, 9.17) is 5.11 Å². The van der Waals surface area contributed by atoms with Crippen LogP contribution >= 0.6 is 0 Å². The highest BCUT2D eigenvalue weighted by atomic mass is 16.4. The molecule has 1 aliphatic rings. The minimum atomic E-state index is -0.742. The monoisotopic (exact) mass is 208 g/mol. The average molecular weight is 208 g/mol. The van der Waals surface area contributed by atoms with Crippen molar-refractivity contribution in [3.05, 3.63) is 12.7 Å².